The van der Waals surface area contributed by atoms with Crippen LogP contribution < -0.4 is 0 Å². The third-order valence-corrected chi connectivity index (χ3v) is 4.47. The van der Waals surface area contributed by atoms with Crippen LogP contribution in [-0.4, -0.2) is 36.6 Å². The Bertz CT molecular complexity index is 453. The molecule has 1 heterocycles. The van der Waals surface area contributed by atoms with Crippen molar-refractivity contribution in [3.63, 3.8) is 0 Å². The van der Waals surface area contributed by atoms with Crippen molar-refractivity contribution in [2.24, 2.45) is 0 Å². The number of hydrogen-bond acceptors (Lipinski definition) is 2. The third kappa shape index (κ3) is 2.16. The molecule has 2 aliphatic rings. The van der Waals surface area contributed by atoms with Gasteiger partial charge in [-0.05, 0) is 25.3 Å². The Morgan fingerprint density at radius 1 is 1.32 bits per heavy atom. The summed E-state index contributed by atoms with van der Waals surface area (Å²) in [7, 11) is 0. The van der Waals surface area contributed by atoms with Crippen LogP contribution >= 0.6 is 0 Å². The van der Waals surface area contributed by atoms with Crippen molar-refractivity contribution in [1.29, 1.82) is 0 Å². The molecular formula is C16H21NO2. The molecule has 1 amide bonds. The number of hydrogen-bond donors (Lipinski definition) is 0. The average Bonchev–Trinajstić information content (AvgIpc) is 2.38. The second kappa shape index (κ2) is 4.97. The van der Waals surface area contributed by atoms with Gasteiger partial charge in [0.25, 0.3) is 0 Å². The predicted molar refractivity (Wildman–Crippen MR) is 74.0 cm³/mol. The average molecular weight is 259 g/mol. The zero-order valence-electron chi connectivity index (χ0n) is 11.5. The maximum absolute atomic E-state index is 12.9. The molecule has 0 unspecified atom stereocenters. The fourth-order valence-electron chi connectivity index (χ4n) is 3.22. The maximum Gasteiger partial charge on any atom is 0.233 e. The minimum atomic E-state index is -0.252. The summed E-state index contributed by atoms with van der Waals surface area (Å²) in [6, 6.07) is 10.3. The number of nitrogens with zero attached hydrogens (tertiary/aromatic N) is 1. The minimum Gasteiger partial charge on any atom is -0.375 e. The molecular weight excluding hydrogens is 238 g/mol. The van der Waals surface area contributed by atoms with E-state index in [0.29, 0.717) is 12.5 Å². The SMILES string of the molecule is C[C@@H]1CN(C(=O)C2(c3ccccc3)CCC2)CCO1. The monoisotopic (exact) mass is 259 g/mol. The molecule has 1 atom stereocenters. The van der Waals surface area contributed by atoms with Crippen molar-refractivity contribution in [2.75, 3.05) is 19.7 Å². The number of carbonyl (C=O) groups excluding carboxylic acids is 1. The molecule has 2 fully saturated rings. The molecule has 1 aliphatic heterocycles. The summed E-state index contributed by atoms with van der Waals surface area (Å²) in [5.41, 5.74) is 0.934. The molecule has 1 aromatic carbocycles. The number of ether oxygens (including phenoxy) is 1. The van der Waals surface area contributed by atoms with E-state index < -0.39 is 0 Å². The van der Waals surface area contributed by atoms with Crippen LogP contribution in [0.5, 0.6) is 0 Å². The highest BCUT2D eigenvalue weighted by atomic mass is 16.5. The first kappa shape index (κ1) is 12.7. The van der Waals surface area contributed by atoms with Crippen LogP contribution in [-0.2, 0) is 14.9 Å². The van der Waals surface area contributed by atoms with Gasteiger partial charge in [0.05, 0.1) is 18.1 Å². The van der Waals surface area contributed by atoms with Gasteiger partial charge in [0, 0.05) is 13.1 Å². The zero-order chi connectivity index (χ0) is 13.3. The van der Waals surface area contributed by atoms with Crippen molar-refractivity contribution in [3.05, 3.63) is 35.9 Å². The molecule has 3 heteroatoms. The Morgan fingerprint density at radius 2 is 2.05 bits per heavy atom. The summed E-state index contributed by atoms with van der Waals surface area (Å²) in [4.78, 5) is 14.9. The summed E-state index contributed by atoms with van der Waals surface area (Å²) >= 11 is 0. The van der Waals surface area contributed by atoms with E-state index in [1.54, 1.807) is 0 Å². The molecule has 0 spiro atoms. The number of benzene rings is 1. The van der Waals surface area contributed by atoms with Gasteiger partial charge < -0.3 is 9.64 Å². The quantitative estimate of drug-likeness (QED) is 0.816. The fourth-order valence-corrected chi connectivity index (χ4v) is 3.22. The normalized spacial score (nSPS) is 25.7. The number of amides is 1. The second-order valence-corrected chi connectivity index (χ2v) is 5.73. The van der Waals surface area contributed by atoms with Crippen LogP contribution in [0.1, 0.15) is 31.7 Å². The first-order valence-electron chi connectivity index (χ1n) is 7.19. The van der Waals surface area contributed by atoms with Gasteiger partial charge >= 0.3 is 0 Å². The molecule has 19 heavy (non-hydrogen) atoms. The van der Waals surface area contributed by atoms with E-state index >= 15 is 0 Å². The van der Waals surface area contributed by atoms with Gasteiger partial charge in [-0.25, -0.2) is 0 Å². The lowest BCUT2D eigenvalue weighted by Crippen LogP contribution is -2.55. The topological polar surface area (TPSA) is 29.5 Å². The van der Waals surface area contributed by atoms with Gasteiger partial charge in [0.2, 0.25) is 5.91 Å². The Morgan fingerprint density at radius 3 is 2.63 bits per heavy atom. The first-order valence-corrected chi connectivity index (χ1v) is 7.19. The van der Waals surface area contributed by atoms with Crippen molar-refractivity contribution in [1.82, 2.24) is 4.90 Å². The van der Waals surface area contributed by atoms with E-state index in [9.17, 15) is 4.79 Å². The van der Waals surface area contributed by atoms with Crippen molar-refractivity contribution in [2.45, 2.75) is 37.7 Å². The van der Waals surface area contributed by atoms with Gasteiger partial charge in [-0.2, -0.15) is 0 Å². The van der Waals surface area contributed by atoms with Gasteiger partial charge in [-0.3, -0.25) is 4.79 Å². The van der Waals surface area contributed by atoms with E-state index in [-0.39, 0.29) is 11.5 Å². The summed E-state index contributed by atoms with van der Waals surface area (Å²) in [6.07, 6.45) is 3.29. The van der Waals surface area contributed by atoms with E-state index in [0.717, 1.165) is 32.4 Å². The van der Waals surface area contributed by atoms with Gasteiger partial charge in [-0.15, -0.1) is 0 Å². The molecule has 102 valence electrons. The molecule has 0 bridgehead atoms. The molecule has 1 aliphatic carbocycles. The standard InChI is InChI=1S/C16H21NO2/c1-13-12-17(10-11-19-13)15(18)16(8-5-9-16)14-6-3-2-4-7-14/h2-4,6-7,13H,5,8-12H2,1H3/t13-/m1/s1. The highest BCUT2D eigenvalue weighted by Crippen LogP contribution is 2.45. The Hall–Kier alpha value is -1.35. The summed E-state index contributed by atoms with van der Waals surface area (Å²) in [5.74, 6) is 0.306. The van der Waals surface area contributed by atoms with E-state index in [1.807, 2.05) is 30.0 Å². The van der Waals surface area contributed by atoms with Crippen molar-refractivity contribution >= 4 is 5.91 Å². The summed E-state index contributed by atoms with van der Waals surface area (Å²) in [6.45, 7) is 4.17. The highest BCUT2D eigenvalue weighted by molar-refractivity contribution is 5.89. The maximum atomic E-state index is 12.9. The molecule has 3 nitrogen and oxygen atoms in total. The third-order valence-electron chi connectivity index (χ3n) is 4.47. The molecule has 3 rings (SSSR count). The van der Waals surface area contributed by atoms with Crippen LogP contribution in [0.4, 0.5) is 0 Å². The van der Waals surface area contributed by atoms with Gasteiger partial charge in [-0.1, -0.05) is 36.8 Å². The van der Waals surface area contributed by atoms with Gasteiger partial charge in [0.1, 0.15) is 0 Å². The highest BCUT2D eigenvalue weighted by Gasteiger charge is 2.47. The lowest BCUT2D eigenvalue weighted by molar-refractivity contribution is -0.147. The molecule has 1 saturated carbocycles. The van der Waals surface area contributed by atoms with Crippen LogP contribution in [0, 0.1) is 0 Å². The van der Waals surface area contributed by atoms with Crippen LogP contribution in [0.25, 0.3) is 0 Å². The molecule has 1 aromatic rings. The van der Waals surface area contributed by atoms with Crippen LogP contribution in [0.3, 0.4) is 0 Å². The smallest absolute Gasteiger partial charge is 0.233 e. The second-order valence-electron chi connectivity index (χ2n) is 5.73. The fraction of sp³-hybridized carbons (Fsp3) is 0.562. The van der Waals surface area contributed by atoms with E-state index in [2.05, 4.69) is 12.1 Å². The number of carbonyl (C=O) groups is 1. The lowest BCUT2D eigenvalue weighted by atomic mass is 9.63. The Labute approximate surface area is 114 Å². The number of rotatable bonds is 2. The lowest BCUT2D eigenvalue weighted by Gasteiger charge is -2.45. The van der Waals surface area contributed by atoms with Crippen molar-refractivity contribution in [3.8, 4) is 0 Å². The first-order chi connectivity index (χ1) is 9.22. The molecule has 0 aromatic heterocycles. The van der Waals surface area contributed by atoms with E-state index in [1.165, 1.54) is 5.56 Å². The predicted octanol–water partition coefficient (Wildman–Crippen LogP) is 2.36. The summed E-state index contributed by atoms with van der Waals surface area (Å²) in [5, 5.41) is 0. The Kier molecular flexibility index (Phi) is 3.31. The van der Waals surface area contributed by atoms with E-state index in [4.69, 9.17) is 4.74 Å². The van der Waals surface area contributed by atoms with Crippen molar-refractivity contribution < 1.29 is 9.53 Å². The number of morpholine rings is 1. The zero-order valence-corrected chi connectivity index (χ0v) is 11.5. The van der Waals surface area contributed by atoms with Crippen LogP contribution in [0.2, 0.25) is 0 Å². The molecule has 1 saturated heterocycles. The van der Waals surface area contributed by atoms with Crippen LogP contribution in [0.15, 0.2) is 30.3 Å². The summed E-state index contributed by atoms with van der Waals surface area (Å²) < 4.78 is 5.53. The molecule has 0 radical (unpaired) electrons. The Balaban J connectivity index is 1.84. The van der Waals surface area contributed by atoms with Gasteiger partial charge in [0.15, 0.2) is 0 Å². The minimum absolute atomic E-state index is 0.158. The molecule has 0 N–H and O–H groups in total. The largest absolute Gasteiger partial charge is 0.375 e.